The minimum atomic E-state index is 0.0881. The van der Waals surface area contributed by atoms with Crippen molar-refractivity contribution in [2.75, 3.05) is 25.5 Å². The molecule has 0 spiro atoms. The Hall–Kier alpha value is -2.93. The first-order chi connectivity index (χ1) is 15.2. The zero-order chi connectivity index (χ0) is 21.2. The van der Waals surface area contributed by atoms with Gasteiger partial charge in [0.2, 0.25) is 5.91 Å². The molecule has 160 valence electrons. The molecule has 0 saturated carbocycles. The van der Waals surface area contributed by atoms with Crippen LogP contribution < -0.4 is 9.47 Å². The summed E-state index contributed by atoms with van der Waals surface area (Å²) < 4.78 is 13.4. The molecule has 0 unspecified atom stereocenters. The van der Waals surface area contributed by atoms with Crippen molar-refractivity contribution in [3.05, 3.63) is 60.3 Å². The van der Waals surface area contributed by atoms with Crippen molar-refractivity contribution in [1.29, 1.82) is 0 Å². The Labute approximate surface area is 186 Å². The predicted octanol–water partition coefficient (Wildman–Crippen LogP) is 4.31. The molecule has 7 heteroatoms. The van der Waals surface area contributed by atoms with E-state index in [1.807, 2.05) is 48.5 Å². The van der Waals surface area contributed by atoms with Gasteiger partial charge >= 0.3 is 0 Å². The smallest absolute Gasteiger partial charge is 0.233 e. The molecule has 2 aliphatic heterocycles. The molecule has 3 aromatic rings. The van der Waals surface area contributed by atoms with E-state index in [-0.39, 0.29) is 11.9 Å². The lowest BCUT2D eigenvalue weighted by Gasteiger charge is -2.26. The molecule has 2 aliphatic rings. The zero-order valence-electron chi connectivity index (χ0n) is 17.5. The molecule has 1 fully saturated rings. The third kappa shape index (κ3) is 4.02. The third-order valence-electron chi connectivity index (χ3n) is 5.86. The highest BCUT2D eigenvalue weighted by Gasteiger charge is 2.31. The second-order valence-electron chi connectivity index (χ2n) is 7.79. The maximum Gasteiger partial charge on any atom is 0.233 e. The molecule has 6 nitrogen and oxygen atoms in total. The third-order valence-corrected chi connectivity index (χ3v) is 6.89. The summed E-state index contributed by atoms with van der Waals surface area (Å²) in [7, 11) is 2.00. The normalized spacial score (nSPS) is 17.7. The first-order valence-corrected chi connectivity index (χ1v) is 11.6. The highest BCUT2D eigenvalue weighted by atomic mass is 32.2. The van der Waals surface area contributed by atoms with Crippen molar-refractivity contribution in [3.63, 3.8) is 0 Å². The van der Waals surface area contributed by atoms with Crippen LogP contribution in [0.15, 0.2) is 59.9 Å². The molecule has 0 bridgehead atoms. The van der Waals surface area contributed by atoms with Crippen LogP contribution in [0.5, 0.6) is 11.5 Å². The Morgan fingerprint density at radius 3 is 2.77 bits per heavy atom. The van der Waals surface area contributed by atoms with Crippen LogP contribution in [0.25, 0.3) is 11.3 Å². The van der Waals surface area contributed by atoms with Crippen molar-refractivity contribution in [2.45, 2.75) is 24.0 Å². The Morgan fingerprint density at radius 2 is 1.94 bits per heavy atom. The van der Waals surface area contributed by atoms with Crippen LogP contribution in [0.4, 0.5) is 0 Å². The summed E-state index contributed by atoms with van der Waals surface area (Å²) in [5.41, 5.74) is 3.28. The van der Waals surface area contributed by atoms with E-state index in [1.165, 1.54) is 11.8 Å². The van der Waals surface area contributed by atoms with Gasteiger partial charge in [0.25, 0.3) is 0 Å². The van der Waals surface area contributed by atoms with Gasteiger partial charge in [-0.1, -0.05) is 48.2 Å². The number of carbonyl (C=O) groups is 1. The first kappa shape index (κ1) is 20.0. The van der Waals surface area contributed by atoms with Crippen molar-refractivity contribution >= 4 is 17.7 Å². The summed E-state index contributed by atoms with van der Waals surface area (Å²) in [6.07, 6.45) is 3.85. The monoisotopic (exact) mass is 435 g/mol. The quantitative estimate of drug-likeness (QED) is 0.559. The maximum atomic E-state index is 13.1. The van der Waals surface area contributed by atoms with Crippen LogP contribution >= 0.6 is 11.8 Å². The number of rotatable bonds is 5. The minimum Gasteiger partial charge on any atom is -0.486 e. The number of thioether (sulfide) groups is 1. The Balaban J connectivity index is 1.27. The molecular weight excluding hydrogens is 410 g/mol. The number of ether oxygens (including phenoxy) is 2. The van der Waals surface area contributed by atoms with Crippen molar-refractivity contribution in [3.8, 4) is 22.8 Å². The van der Waals surface area contributed by atoms with Gasteiger partial charge in [-0.3, -0.25) is 4.79 Å². The number of amides is 1. The van der Waals surface area contributed by atoms with Gasteiger partial charge in [0.05, 0.1) is 23.7 Å². The minimum absolute atomic E-state index is 0.0881. The van der Waals surface area contributed by atoms with E-state index in [1.54, 1.807) is 0 Å². The summed E-state index contributed by atoms with van der Waals surface area (Å²) in [6, 6.07) is 16.3. The SMILES string of the molecule is Cn1c(-c2ccccc2)cnc1SCC(=O)N1CCC[C@H]1c1ccc2c(c1)OCCO2. The van der Waals surface area contributed by atoms with Gasteiger partial charge in [-0.2, -0.15) is 0 Å². The molecule has 0 N–H and O–H groups in total. The lowest BCUT2D eigenvalue weighted by atomic mass is 10.0. The molecule has 1 saturated heterocycles. The number of fused-ring (bicyclic) bond motifs is 1. The molecular formula is C24H25N3O3S. The predicted molar refractivity (Wildman–Crippen MR) is 120 cm³/mol. The molecule has 0 radical (unpaired) electrons. The fourth-order valence-corrected chi connectivity index (χ4v) is 5.13. The van der Waals surface area contributed by atoms with Gasteiger partial charge in [-0.15, -0.1) is 0 Å². The average molecular weight is 436 g/mol. The van der Waals surface area contributed by atoms with Gasteiger partial charge < -0.3 is 18.9 Å². The van der Waals surface area contributed by atoms with Crippen LogP contribution in [-0.4, -0.2) is 45.9 Å². The van der Waals surface area contributed by atoms with Crippen LogP contribution in [0.1, 0.15) is 24.4 Å². The van der Waals surface area contributed by atoms with Crippen LogP contribution in [0.3, 0.4) is 0 Å². The zero-order valence-corrected chi connectivity index (χ0v) is 18.3. The first-order valence-electron chi connectivity index (χ1n) is 10.6. The van der Waals surface area contributed by atoms with Gasteiger partial charge in [0.15, 0.2) is 16.7 Å². The molecule has 1 aromatic heterocycles. The van der Waals surface area contributed by atoms with Gasteiger partial charge in [-0.05, 0) is 36.1 Å². The highest BCUT2D eigenvalue weighted by Crippen LogP contribution is 2.38. The van der Waals surface area contributed by atoms with Gasteiger partial charge in [-0.25, -0.2) is 4.98 Å². The second-order valence-corrected chi connectivity index (χ2v) is 8.73. The largest absolute Gasteiger partial charge is 0.486 e. The Bertz CT molecular complexity index is 1080. The second kappa shape index (κ2) is 8.67. The summed E-state index contributed by atoms with van der Waals surface area (Å²) in [5, 5.41) is 0.849. The number of likely N-dealkylation sites (tertiary alicyclic amines) is 1. The summed E-state index contributed by atoms with van der Waals surface area (Å²) in [4.78, 5) is 19.6. The Morgan fingerprint density at radius 1 is 1.13 bits per heavy atom. The lowest BCUT2D eigenvalue weighted by molar-refractivity contribution is -0.129. The molecule has 3 heterocycles. The fourth-order valence-electron chi connectivity index (χ4n) is 4.29. The highest BCUT2D eigenvalue weighted by molar-refractivity contribution is 7.99. The van der Waals surface area contributed by atoms with Crippen molar-refractivity contribution in [1.82, 2.24) is 14.5 Å². The van der Waals surface area contributed by atoms with Crippen LogP contribution in [0, 0.1) is 0 Å². The van der Waals surface area contributed by atoms with E-state index in [2.05, 4.69) is 27.8 Å². The maximum absolute atomic E-state index is 13.1. The fraction of sp³-hybridized carbons (Fsp3) is 0.333. The number of imidazole rings is 1. The number of benzene rings is 2. The summed E-state index contributed by atoms with van der Waals surface area (Å²) >= 11 is 1.49. The van der Waals surface area contributed by atoms with E-state index in [0.717, 1.165) is 52.9 Å². The number of carbonyl (C=O) groups excluding carboxylic acids is 1. The van der Waals surface area contributed by atoms with Crippen molar-refractivity contribution in [2.24, 2.45) is 7.05 Å². The number of hydrogen-bond acceptors (Lipinski definition) is 5. The number of nitrogens with zero attached hydrogens (tertiary/aromatic N) is 3. The molecule has 2 aromatic carbocycles. The molecule has 31 heavy (non-hydrogen) atoms. The topological polar surface area (TPSA) is 56.6 Å². The van der Waals surface area contributed by atoms with Gasteiger partial charge in [0, 0.05) is 13.6 Å². The lowest BCUT2D eigenvalue weighted by Crippen LogP contribution is -2.32. The van der Waals surface area contributed by atoms with E-state index >= 15 is 0 Å². The molecule has 1 amide bonds. The van der Waals surface area contributed by atoms with E-state index < -0.39 is 0 Å². The molecule has 1 atom stereocenters. The van der Waals surface area contributed by atoms with E-state index in [9.17, 15) is 4.79 Å². The van der Waals surface area contributed by atoms with Crippen LogP contribution in [0.2, 0.25) is 0 Å². The Kier molecular flexibility index (Phi) is 5.59. The summed E-state index contributed by atoms with van der Waals surface area (Å²) in [6.45, 7) is 1.93. The average Bonchev–Trinajstić information content (AvgIpc) is 3.45. The standard InChI is InChI=1S/C24H25N3O3S/c1-26-20(17-6-3-2-4-7-17)15-25-24(26)31-16-23(28)27-11-5-8-19(27)18-9-10-21-22(14-18)30-13-12-29-21/h2-4,6-7,9-10,14-15,19H,5,8,11-13,16H2,1H3/t19-/m0/s1. The number of aromatic nitrogens is 2. The summed E-state index contributed by atoms with van der Waals surface area (Å²) in [5.74, 6) is 2.08. The van der Waals surface area contributed by atoms with Crippen molar-refractivity contribution < 1.29 is 14.3 Å². The molecule has 5 rings (SSSR count). The number of hydrogen-bond donors (Lipinski definition) is 0. The molecule has 0 aliphatic carbocycles. The van der Waals surface area contributed by atoms with E-state index in [4.69, 9.17) is 9.47 Å². The van der Waals surface area contributed by atoms with Crippen LogP contribution in [-0.2, 0) is 11.8 Å². The van der Waals surface area contributed by atoms with E-state index in [0.29, 0.717) is 19.0 Å². The van der Waals surface area contributed by atoms with Gasteiger partial charge in [0.1, 0.15) is 13.2 Å².